The summed E-state index contributed by atoms with van der Waals surface area (Å²) in [6.45, 7) is 2.12. The van der Waals surface area contributed by atoms with Crippen LogP contribution < -0.4 is 5.73 Å². The zero-order chi connectivity index (χ0) is 13.7. The summed E-state index contributed by atoms with van der Waals surface area (Å²) >= 11 is 0. The highest BCUT2D eigenvalue weighted by Gasteiger charge is 2.22. The molecule has 0 amide bonds. The second kappa shape index (κ2) is 6.45. The molecule has 2 rings (SSSR count). The molecule has 1 aromatic heterocycles. The van der Waals surface area contributed by atoms with Crippen molar-refractivity contribution in [3.63, 3.8) is 0 Å². The molecule has 0 spiro atoms. The van der Waals surface area contributed by atoms with Crippen molar-refractivity contribution in [1.82, 2.24) is 15.0 Å². The summed E-state index contributed by atoms with van der Waals surface area (Å²) in [7, 11) is 1.69. The van der Waals surface area contributed by atoms with Gasteiger partial charge in [0.15, 0.2) is 0 Å². The highest BCUT2D eigenvalue weighted by molar-refractivity contribution is 5.32. The van der Waals surface area contributed by atoms with Gasteiger partial charge in [-0.2, -0.15) is 0 Å². The fourth-order valence-corrected chi connectivity index (χ4v) is 2.16. The molecular weight excluding hydrogens is 240 g/mol. The van der Waals surface area contributed by atoms with Crippen LogP contribution in [0.4, 0.5) is 0 Å². The van der Waals surface area contributed by atoms with E-state index >= 15 is 0 Å². The Bertz CT molecular complexity index is 497. The van der Waals surface area contributed by atoms with E-state index in [0.717, 1.165) is 24.2 Å². The van der Waals surface area contributed by atoms with E-state index in [-0.39, 0.29) is 12.1 Å². The molecule has 1 aromatic carbocycles. The van der Waals surface area contributed by atoms with Crippen molar-refractivity contribution in [3.05, 3.63) is 42.2 Å². The molecule has 5 nitrogen and oxygen atoms in total. The minimum absolute atomic E-state index is 0.0223. The first kappa shape index (κ1) is 13.7. The minimum atomic E-state index is -0.236. The van der Waals surface area contributed by atoms with Crippen molar-refractivity contribution in [2.75, 3.05) is 7.11 Å². The Labute approximate surface area is 113 Å². The molecule has 0 bridgehead atoms. The molecule has 0 aliphatic carbocycles. The fourth-order valence-electron chi connectivity index (χ4n) is 2.16. The van der Waals surface area contributed by atoms with Crippen LogP contribution in [0.5, 0.6) is 0 Å². The van der Waals surface area contributed by atoms with Crippen molar-refractivity contribution < 1.29 is 4.74 Å². The number of hydrogen-bond acceptors (Lipinski definition) is 4. The lowest BCUT2D eigenvalue weighted by molar-refractivity contribution is 0.0707. The van der Waals surface area contributed by atoms with Crippen molar-refractivity contribution in [3.8, 4) is 5.69 Å². The van der Waals surface area contributed by atoms with Crippen LogP contribution in [0.15, 0.2) is 36.5 Å². The predicted octanol–water partition coefficient (Wildman–Crippen LogP) is 2.08. The van der Waals surface area contributed by atoms with Crippen LogP contribution in [0.25, 0.3) is 5.69 Å². The third-order valence-corrected chi connectivity index (χ3v) is 3.19. The summed E-state index contributed by atoms with van der Waals surface area (Å²) in [4.78, 5) is 0. The predicted molar refractivity (Wildman–Crippen MR) is 74.0 cm³/mol. The molecule has 19 heavy (non-hydrogen) atoms. The van der Waals surface area contributed by atoms with Gasteiger partial charge in [0.25, 0.3) is 0 Å². The standard InChI is InChI=1S/C14H20N4O/c1-3-7-13(19-2)14(15)12-10-16-17-18(12)11-8-5-4-6-9-11/h4-6,8-10,13-14H,3,7,15H2,1-2H3. The highest BCUT2D eigenvalue weighted by Crippen LogP contribution is 2.21. The number of ether oxygens (including phenoxy) is 1. The van der Waals surface area contributed by atoms with Crippen LogP contribution in [-0.2, 0) is 4.74 Å². The summed E-state index contributed by atoms with van der Waals surface area (Å²) in [5, 5.41) is 8.09. The minimum Gasteiger partial charge on any atom is -0.379 e. The smallest absolute Gasteiger partial charge is 0.0839 e. The van der Waals surface area contributed by atoms with E-state index in [9.17, 15) is 0 Å². The molecule has 0 aliphatic rings. The number of para-hydroxylation sites is 1. The van der Waals surface area contributed by atoms with E-state index in [4.69, 9.17) is 10.5 Å². The lowest BCUT2D eigenvalue weighted by Gasteiger charge is -2.22. The number of nitrogens with zero attached hydrogens (tertiary/aromatic N) is 3. The molecule has 2 unspecified atom stereocenters. The first-order valence-corrected chi connectivity index (χ1v) is 6.52. The fraction of sp³-hybridized carbons (Fsp3) is 0.429. The molecule has 0 radical (unpaired) electrons. The van der Waals surface area contributed by atoms with Gasteiger partial charge in [0.1, 0.15) is 0 Å². The van der Waals surface area contributed by atoms with E-state index in [0.29, 0.717) is 0 Å². The first-order valence-electron chi connectivity index (χ1n) is 6.52. The average Bonchev–Trinajstić information content (AvgIpc) is 2.94. The van der Waals surface area contributed by atoms with E-state index in [1.165, 1.54) is 0 Å². The normalized spacial score (nSPS) is 14.3. The van der Waals surface area contributed by atoms with E-state index in [2.05, 4.69) is 17.2 Å². The maximum atomic E-state index is 6.29. The Kier molecular flexibility index (Phi) is 4.65. The molecule has 0 fully saturated rings. The molecule has 1 heterocycles. The summed E-state index contributed by atoms with van der Waals surface area (Å²) in [6.07, 6.45) is 3.63. The van der Waals surface area contributed by atoms with E-state index in [1.54, 1.807) is 18.0 Å². The summed E-state index contributed by atoms with van der Waals surface area (Å²) in [6, 6.07) is 9.62. The van der Waals surface area contributed by atoms with Crippen LogP contribution in [0.3, 0.4) is 0 Å². The summed E-state index contributed by atoms with van der Waals surface area (Å²) < 4.78 is 7.24. The monoisotopic (exact) mass is 260 g/mol. The molecule has 0 saturated heterocycles. The molecule has 2 N–H and O–H groups in total. The van der Waals surface area contributed by atoms with Crippen molar-refractivity contribution in [1.29, 1.82) is 0 Å². The largest absolute Gasteiger partial charge is 0.379 e. The van der Waals surface area contributed by atoms with Crippen LogP contribution in [0.2, 0.25) is 0 Å². The maximum Gasteiger partial charge on any atom is 0.0839 e. The van der Waals surface area contributed by atoms with Gasteiger partial charge in [0.2, 0.25) is 0 Å². The van der Waals surface area contributed by atoms with Crippen LogP contribution in [-0.4, -0.2) is 28.2 Å². The van der Waals surface area contributed by atoms with Gasteiger partial charge in [-0.15, -0.1) is 5.10 Å². The Hall–Kier alpha value is -1.72. The number of methoxy groups -OCH3 is 1. The van der Waals surface area contributed by atoms with Gasteiger partial charge in [0.05, 0.1) is 29.7 Å². The molecular formula is C14H20N4O. The third-order valence-electron chi connectivity index (χ3n) is 3.19. The number of benzene rings is 1. The zero-order valence-electron chi connectivity index (χ0n) is 11.4. The van der Waals surface area contributed by atoms with Gasteiger partial charge in [-0.3, -0.25) is 0 Å². The molecule has 5 heteroatoms. The van der Waals surface area contributed by atoms with E-state index in [1.807, 2.05) is 30.3 Å². The summed E-state index contributed by atoms with van der Waals surface area (Å²) in [5.74, 6) is 0. The lowest BCUT2D eigenvalue weighted by atomic mass is 10.0. The Balaban J connectivity index is 2.29. The topological polar surface area (TPSA) is 66.0 Å². The lowest BCUT2D eigenvalue weighted by Crippen LogP contribution is -2.30. The number of nitrogens with two attached hydrogens (primary N) is 1. The SMILES string of the molecule is CCCC(OC)C(N)c1cnnn1-c1ccccc1. The van der Waals surface area contributed by atoms with Crippen LogP contribution in [0, 0.1) is 0 Å². The molecule has 0 saturated carbocycles. The Morgan fingerprint density at radius 3 is 2.68 bits per heavy atom. The van der Waals surface area contributed by atoms with Crippen LogP contribution >= 0.6 is 0 Å². The highest BCUT2D eigenvalue weighted by atomic mass is 16.5. The first-order chi connectivity index (χ1) is 9.27. The Morgan fingerprint density at radius 2 is 2.05 bits per heavy atom. The van der Waals surface area contributed by atoms with Gasteiger partial charge in [-0.25, -0.2) is 4.68 Å². The van der Waals surface area contributed by atoms with Crippen molar-refractivity contribution >= 4 is 0 Å². The quantitative estimate of drug-likeness (QED) is 0.863. The van der Waals surface area contributed by atoms with Gasteiger partial charge in [-0.1, -0.05) is 36.8 Å². The van der Waals surface area contributed by atoms with Gasteiger partial charge < -0.3 is 10.5 Å². The van der Waals surface area contributed by atoms with E-state index < -0.39 is 0 Å². The maximum absolute atomic E-state index is 6.29. The Morgan fingerprint density at radius 1 is 1.32 bits per heavy atom. The van der Waals surface area contributed by atoms with Crippen molar-refractivity contribution in [2.45, 2.75) is 31.9 Å². The third kappa shape index (κ3) is 3.00. The second-order valence-electron chi connectivity index (χ2n) is 4.49. The zero-order valence-corrected chi connectivity index (χ0v) is 11.4. The number of rotatable bonds is 6. The number of hydrogen-bond donors (Lipinski definition) is 1. The van der Waals surface area contributed by atoms with Gasteiger partial charge in [-0.05, 0) is 18.6 Å². The second-order valence-corrected chi connectivity index (χ2v) is 4.49. The number of aromatic nitrogens is 3. The van der Waals surface area contributed by atoms with Crippen molar-refractivity contribution in [2.24, 2.45) is 5.73 Å². The summed E-state index contributed by atoms with van der Waals surface area (Å²) in [5.41, 5.74) is 8.12. The van der Waals surface area contributed by atoms with Gasteiger partial charge in [0, 0.05) is 7.11 Å². The molecule has 0 aliphatic heterocycles. The average molecular weight is 260 g/mol. The molecule has 102 valence electrons. The van der Waals surface area contributed by atoms with Crippen LogP contribution in [0.1, 0.15) is 31.5 Å². The van der Waals surface area contributed by atoms with Gasteiger partial charge >= 0.3 is 0 Å². The molecule has 2 aromatic rings. The molecule has 2 atom stereocenters.